The van der Waals surface area contributed by atoms with Crippen LogP contribution in [0.2, 0.25) is 0 Å². The van der Waals surface area contributed by atoms with E-state index in [1.54, 1.807) is 6.92 Å². The molecule has 0 radical (unpaired) electrons. The maximum absolute atomic E-state index is 13.6. The summed E-state index contributed by atoms with van der Waals surface area (Å²) in [6, 6.07) is 7.54. The summed E-state index contributed by atoms with van der Waals surface area (Å²) in [6.45, 7) is 6.19. The third kappa shape index (κ3) is 3.17. The van der Waals surface area contributed by atoms with E-state index in [9.17, 15) is 4.39 Å². The third-order valence-corrected chi connectivity index (χ3v) is 5.03. The highest BCUT2D eigenvalue weighted by atomic mass is 19.1. The summed E-state index contributed by atoms with van der Waals surface area (Å²) in [5.41, 5.74) is 10.7. The second-order valence-electron chi connectivity index (χ2n) is 7.29. The van der Waals surface area contributed by atoms with Gasteiger partial charge in [0.15, 0.2) is 5.65 Å². The molecule has 0 spiro atoms. The van der Waals surface area contributed by atoms with Crippen LogP contribution in [0.3, 0.4) is 0 Å². The lowest BCUT2D eigenvalue weighted by molar-refractivity contribution is 0.495. The number of aryl methyl sites for hydroxylation is 2. The fourth-order valence-electron chi connectivity index (χ4n) is 3.67. The summed E-state index contributed by atoms with van der Waals surface area (Å²) in [4.78, 5) is 11.5. The van der Waals surface area contributed by atoms with Crippen molar-refractivity contribution in [1.29, 1.82) is 0 Å². The molecule has 3 heterocycles. The SMILES string of the molecule is Cc1cnc2nc(N3CCCC(N)C3)n(Cc3ccc(F)c(C)c3)c2c1. The van der Waals surface area contributed by atoms with E-state index in [1.165, 1.54) is 6.07 Å². The van der Waals surface area contributed by atoms with E-state index < -0.39 is 0 Å². The van der Waals surface area contributed by atoms with Crippen molar-refractivity contribution in [3.05, 3.63) is 53.0 Å². The van der Waals surface area contributed by atoms with Crippen molar-refractivity contribution in [3.63, 3.8) is 0 Å². The molecule has 6 heteroatoms. The van der Waals surface area contributed by atoms with Crippen LogP contribution in [-0.4, -0.2) is 33.7 Å². The van der Waals surface area contributed by atoms with Crippen molar-refractivity contribution < 1.29 is 4.39 Å². The number of rotatable bonds is 3. The molecule has 136 valence electrons. The lowest BCUT2D eigenvalue weighted by Crippen LogP contribution is -2.44. The van der Waals surface area contributed by atoms with Gasteiger partial charge in [-0.15, -0.1) is 0 Å². The molecule has 2 aromatic heterocycles. The number of halogens is 1. The highest BCUT2D eigenvalue weighted by molar-refractivity contribution is 5.75. The standard InChI is InChI=1S/C20H24FN5/c1-13-8-18-19(23-10-13)24-20(25-7-3-4-16(22)12-25)26(18)11-15-5-6-17(21)14(2)9-15/h5-6,8-10,16H,3-4,7,11-12,22H2,1-2H3. The largest absolute Gasteiger partial charge is 0.341 e. The van der Waals surface area contributed by atoms with Gasteiger partial charge in [0.1, 0.15) is 5.82 Å². The van der Waals surface area contributed by atoms with Gasteiger partial charge in [0.05, 0.1) is 12.1 Å². The van der Waals surface area contributed by atoms with Crippen molar-refractivity contribution in [3.8, 4) is 0 Å². The van der Waals surface area contributed by atoms with Gasteiger partial charge in [-0.3, -0.25) is 0 Å². The Balaban J connectivity index is 1.80. The first-order valence-corrected chi connectivity index (χ1v) is 9.09. The molecule has 5 nitrogen and oxygen atoms in total. The number of anilines is 1. The first-order valence-electron chi connectivity index (χ1n) is 9.09. The Labute approximate surface area is 152 Å². The number of nitrogens with zero attached hydrogens (tertiary/aromatic N) is 4. The van der Waals surface area contributed by atoms with E-state index >= 15 is 0 Å². The third-order valence-electron chi connectivity index (χ3n) is 5.03. The van der Waals surface area contributed by atoms with Crippen LogP contribution in [0.15, 0.2) is 30.5 Å². The summed E-state index contributed by atoms with van der Waals surface area (Å²) in [5.74, 6) is 0.721. The van der Waals surface area contributed by atoms with Crippen LogP contribution >= 0.6 is 0 Å². The van der Waals surface area contributed by atoms with Crippen LogP contribution in [0.4, 0.5) is 10.3 Å². The Morgan fingerprint density at radius 3 is 2.88 bits per heavy atom. The van der Waals surface area contributed by atoms with Crippen LogP contribution in [-0.2, 0) is 6.54 Å². The topological polar surface area (TPSA) is 60.0 Å². The van der Waals surface area contributed by atoms with Gasteiger partial charge >= 0.3 is 0 Å². The normalized spacial score (nSPS) is 17.8. The molecule has 4 rings (SSSR count). The molecular formula is C20H24FN5. The zero-order valence-electron chi connectivity index (χ0n) is 15.2. The van der Waals surface area contributed by atoms with Gasteiger partial charge in [-0.05, 0) is 55.5 Å². The zero-order chi connectivity index (χ0) is 18.3. The number of hydrogen-bond donors (Lipinski definition) is 1. The summed E-state index contributed by atoms with van der Waals surface area (Å²) < 4.78 is 15.8. The number of hydrogen-bond acceptors (Lipinski definition) is 4. The van der Waals surface area contributed by atoms with Crippen LogP contribution in [0.1, 0.15) is 29.5 Å². The average molecular weight is 353 g/mol. The fourth-order valence-corrected chi connectivity index (χ4v) is 3.67. The molecule has 26 heavy (non-hydrogen) atoms. The monoisotopic (exact) mass is 353 g/mol. The number of benzene rings is 1. The Kier molecular flexibility index (Phi) is 4.36. The Morgan fingerprint density at radius 2 is 2.12 bits per heavy atom. The van der Waals surface area contributed by atoms with Crippen LogP contribution in [0.5, 0.6) is 0 Å². The molecule has 1 aliphatic heterocycles. The van der Waals surface area contributed by atoms with E-state index in [0.29, 0.717) is 12.1 Å². The summed E-state index contributed by atoms with van der Waals surface area (Å²) >= 11 is 0. The molecule has 1 unspecified atom stereocenters. The highest BCUT2D eigenvalue weighted by Crippen LogP contribution is 2.26. The Bertz CT molecular complexity index is 949. The molecule has 1 fully saturated rings. The van der Waals surface area contributed by atoms with Crippen LogP contribution in [0, 0.1) is 19.7 Å². The summed E-state index contributed by atoms with van der Waals surface area (Å²) in [6.07, 6.45) is 3.95. The molecule has 1 aliphatic rings. The van der Waals surface area contributed by atoms with Gasteiger partial charge in [-0.25, -0.2) is 9.37 Å². The van der Waals surface area contributed by atoms with Gasteiger partial charge < -0.3 is 15.2 Å². The molecular weight excluding hydrogens is 329 g/mol. The van der Waals surface area contributed by atoms with Crippen molar-refractivity contribution in [1.82, 2.24) is 14.5 Å². The fraction of sp³-hybridized carbons (Fsp3) is 0.400. The van der Waals surface area contributed by atoms with E-state index in [4.69, 9.17) is 10.7 Å². The smallest absolute Gasteiger partial charge is 0.208 e. The minimum absolute atomic E-state index is 0.166. The van der Waals surface area contributed by atoms with Gasteiger partial charge in [0.25, 0.3) is 0 Å². The minimum atomic E-state index is -0.177. The summed E-state index contributed by atoms with van der Waals surface area (Å²) in [5, 5.41) is 0. The highest BCUT2D eigenvalue weighted by Gasteiger charge is 2.23. The van der Waals surface area contributed by atoms with E-state index in [1.807, 2.05) is 25.3 Å². The van der Waals surface area contributed by atoms with Crippen molar-refractivity contribution >= 4 is 17.1 Å². The Hall–Kier alpha value is -2.47. The van der Waals surface area contributed by atoms with Crippen LogP contribution < -0.4 is 10.6 Å². The molecule has 1 aromatic carbocycles. The summed E-state index contributed by atoms with van der Waals surface area (Å²) in [7, 11) is 0. The first-order chi connectivity index (χ1) is 12.5. The van der Waals surface area contributed by atoms with Crippen molar-refractivity contribution in [2.75, 3.05) is 18.0 Å². The number of nitrogens with two attached hydrogens (primary N) is 1. The number of piperidine rings is 1. The minimum Gasteiger partial charge on any atom is -0.341 e. The second kappa shape index (κ2) is 6.68. The maximum atomic E-state index is 13.6. The number of imidazole rings is 1. The molecule has 0 saturated carbocycles. The van der Waals surface area contributed by atoms with E-state index in [-0.39, 0.29) is 11.9 Å². The average Bonchev–Trinajstić information content (AvgIpc) is 2.96. The van der Waals surface area contributed by atoms with Gasteiger partial charge in [0, 0.05) is 25.3 Å². The van der Waals surface area contributed by atoms with Gasteiger partial charge in [0.2, 0.25) is 5.95 Å². The van der Waals surface area contributed by atoms with Gasteiger partial charge in [-0.1, -0.05) is 12.1 Å². The number of fused-ring (bicyclic) bond motifs is 1. The molecule has 0 amide bonds. The lowest BCUT2D eigenvalue weighted by Gasteiger charge is -2.32. The predicted molar refractivity (Wildman–Crippen MR) is 102 cm³/mol. The quantitative estimate of drug-likeness (QED) is 0.786. The molecule has 0 aliphatic carbocycles. The van der Waals surface area contributed by atoms with Gasteiger partial charge in [-0.2, -0.15) is 4.98 Å². The van der Waals surface area contributed by atoms with Crippen molar-refractivity contribution in [2.45, 2.75) is 39.3 Å². The Morgan fingerprint density at radius 1 is 1.27 bits per heavy atom. The second-order valence-corrected chi connectivity index (χ2v) is 7.29. The first kappa shape index (κ1) is 17.0. The van der Waals surface area contributed by atoms with Crippen molar-refractivity contribution in [2.24, 2.45) is 5.73 Å². The molecule has 0 bridgehead atoms. The molecule has 3 aromatic rings. The van der Waals surface area contributed by atoms with E-state index in [2.05, 4.69) is 20.5 Å². The van der Waals surface area contributed by atoms with E-state index in [0.717, 1.165) is 54.2 Å². The zero-order valence-corrected chi connectivity index (χ0v) is 15.2. The number of aromatic nitrogens is 3. The molecule has 1 atom stereocenters. The van der Waals surface area contributed by atoms with Crippen LogP contribution in [0.25, 0.3) is 11.2 Å². The lowest BCUT2D eigenvalue weighted by atomic mass is 10.1. The molecule has 1 saturated heterocycles. The maximum Gasteiger partial charge on any atom is 0.208 e. The molecule has 2 N–H and O–H groups in total. The number of pyridine rings is 1. The predicted octanol–water partition coefficient (Wildman–Crippen LogP) is 3.16.